The molecule has 0 saturated carbocycles. The van der Waals surface area contributed by atoms with E-state index in [0.29, 0.717) is 12.8 Å². The van der Waals surface area contributed by atoms with Crippen LogP contribution in [0.15, 0.2) is 12.2 Å². The molecule has 0 unspecified atom stereocenters. The number of hydrogen-bond donors (Lipinski definition) is 0. The van der Waals surface area contributed by atoms with Crippen molar-refractivity contribution in [3.63, 3.8) is 0 Å². The molecule has 0 heterocycles. The van der Waals surface area contributed by atoms with Crippen LogP contribution >= 0.6 is 0 Å². The van der Waals surface area contributed by atoms with Gasteiger partial charge in [-0.1, -0.05) is 5.57 Å². The topological polar surface area (TPSA) is 97.7 Å². The molecule has 5 nitrogen and oxygen atoms in total. The average molecular weight is 287 g/mol. The van der Waals surface area contributed by atoms with Crippen molar-refractivity contribution in [2.75, 3.05) is 6.61 Å². The summed E-state index contributed by atoms with van der Waals surface area (Å²) in [4.78, 5) is 12.3. The maximum absolute atomic E-state index is 12.3. The van der Waals surface area contributed by atoms with Gasteiger partial charge in [-0.2, -0.15) is 15.8 Å². The van der Waals surface area contributed by atoms with Gasteiger partial charge in [-0.15, -0.1) is 6.58 Å². The summed E-state index contributed by atoms with van der Waals surface area (Å²) < 4.78 is 5.01. The lowest BCUT2D eigenvalue weighted by Gasteiger charge is -2.36. The van der Waals surface area contributed by atoms with E-state index in [1.165, 1.54) is 0 Å². The van der Waals surface area contributed by atoms with Gasteiger partial charge < -0.3 is 4.74 Å². The summed E-state index contributed by atoms with van der Waals surface area (Å²) in [5, 5.41) is 27.9. The molecule has 0 aliphatic rings. The zero-order chi connectivity index (χ0) is 16.5. The van der Waals surface area contributed by atoms with Crippen molar-refractivity contribution in [3.8, 4) is 18.2 Å². The third-order valence-electron chi connectivity index (χ3n) is 3.67. The zero-order valence-corrected chi connectivity index (χ0v) is 12.9. The van der Waals surface area contributed by atoms with Crippen molar-refractivity contribution < 1.29 is 9.53 Å². The number of ether oxygens (including phenoxy) is 1. The number of carbonyl (C=O) groups is 1. The minimum absolute atomic E-state index is 0.0106. The molecule has 5 heteroatoms. The number of nitriles is 3. The number of nitrogens with zero attached hydrogens (tertiary/aromatic N) is 3. The minimum Gasteiger partial charge on any atom is -0.465 e. The summed E-state index contributed by atoms with van der Waals surface area (Å²) in [5.74, 6) is -0.728. The van der Waals surface area contributed by atoms with Gasteiger partial charge in [-0.25, -0.2) is 0 Å². The molecular weight excluding hydrogens is 266 g/mol. The van der Waals surface area contributed by atoms with Gasteiger partial charge in [0, 0.05) is 6.42 Å². The fourth-order valence-electron chi connectivity index (χ4n) is 2.15. The first-order valence-electron chi connectivity index (χ1n) is 6.84. The van der Waals surface area contributed by atoms with Crippen LogP contribution in [0.5, 0.6) is 0 Å². The molecule has 0 aliphatic carbocycles. The zero-order valence-electron chi connectivity index (χ0n) is 12.9. The van der Waals surface area contributed by atoms with E-state index in [-0.39, 0.29) is 19.4 Å². The Morgan fingerprint density at radius 2 is 1.86 bits per heavy atom. The van der Waals surface area contributed by atoms with Crippen molar-refractivity contribution in [3.05, 3.63) is 12.2 Å². The first-order valence-corrected chi connectivity index (χ1v) is 6.84. The Bertz CT molecular complexity index is 521. The SMILES string of the molecule is C=C(C)CC[C@@](C)(C#N)[C@@](C#N)(CCC#N)C(=O)OCC. The maximum Gasteiger partial charge on any atom is 0.328 e. The summed E-state index contributed by atoms with van der Waals surface area (Å²) in [6, 6.07) is 6.00. The minimum atomic E-state index is -1.64. The Morgan fingerprint density at radius 3 is 2.24 bits per heavy atom. The summed E-state index contributed by atoms with van der Waals surface area (Å²) in [5.41, 5.74) is -2.00. The summed E-state index contributed by atoms with van der Waals surface area (Å²) in [7, 11) is 0. The Kier molecular flexibility index (Phi) is 7.18. The fraction of sp³-hybridized carbons (Fsp3) is 0.625. The number of rotatable bonds is 8. The van der Waals surface area contributed by atoms with E-state index in [2.05, 4.69) is 12.6 Å². The molecule has 2 atom stereocenters. The van der Waals surface area contributed by atoms with Crippen LogP contribution in [0.2, 0.25) is 0 Å². The van der Waals surface area contributed by atoms with E-state index in [4.69, 9.17) is 10.00 Å². The summed E-state index contributed by atoms with van der Waals surface area (Å²) in [6.07, 6.45) is 0.839. The molecule has 0 aromatic rings. The van der Waals surface area contributed by atoms with Crippen LogP contribution in [-0.4, -0.2) is 12.6 Å². The van der Waals surface area contributed by atoms with Crippen LogP contribution in [0.3, 0.4) is 0 Å². The van der Waals surface area contributed by atoms with Crippen LogP contribution < -0.4 is 0 Å². The van der Waals surface area contributed by atoms with Crippen molar-refractivity contribution in [1.29, 1.82) is 15.8 Å². The van der Waals surface area contributed by atoms with Crippen LogP contribution in [0.25, 0.3) is 0 Å². The second-order valence-electron chi connectivity index (χ2n) is 5.30. The molecular formula is C16H21N3O2. The number of esters is 1. The lowest BCUT2D eigenvalue weighted by molar-refractivity contribution is -0.157. The second-order valence-corrected chi connectivity index (χ2v) is 5.30. The van der Waals surface area contributed by atoms with Crippen molar-refractivity contribution >= 4 is 5.97 Å². The van der Waals surface area contributed by atoms with Gasteiger partial charge in [0.1, 0.15) is 0 Å². The van der Waals surface area contributed by atoms with E-state index in [0.717, 1.165) is 5.57 Å². The largest absolute Gasteiger partial charge is 0.465 e. The van der Waals surface area contributed by atoms with E-state index in [1.54, 1.807) is 13.8 Å². The summed E-state index contributed by atoms with van der Waals surface area (Å²) >= 11 is 0. The lowest BCUT2D eigenvalue weighted by Crippen LogP contribution is -2.45. The maximum atomic E-state index is 12.3. The molecule has 0 bridgehead atoms. The molecule has 0 N–H and O–H groups in total. The second kappa shape index (κ2) is 8.08. The van der Waals surface area contributed by atoms with Crippen LogP contribution in [0, 0.1) is 44.8 Å². The lowest BCUT2D eigenvalue weighted by atomic mass is 9.61. The number of allylic oxidation sites excluding steroid dienone is 1. The third-order valence-corrected chi connectivity index (χ3v) is 3.67. The average Bonchev–Trinajstić information content (AvgIpc) is 2.46. The van der Waals surface area contributed by atoms with Gasteiger partial charge >= 0.3 is 5.97 Å². The van der Waals surface area contributed by atoms with Crippen LogP contribution in [-0.2, 0) is 9.53 Å². The molecule has 0 aliphatic heterocycles. The molecule has 0 aromatic carbocycles. The normalized spacial score (nSPS) is 15.4. The number of hydrogen-bond acceptors (Lipinski definition) is 5. The molecule has 0 spiro atoms. The van der Waals surface area contributed by atoms with E-state index < -0.39 is 16.8 Å². The third kappa shape index (κ3) is 4.07. The van der Waals surface area contributed by atoms with E-state index in [1.807, 2.05) is 19.1 Å². The molecule has 0 saturated heterocycles. The molecule has 0 rings (SSSR count). The highest BCUT2D eigenvalue weighted by molar-refractivity contribution is 5.82. The fourth-order valence-corrected chi connectivity index (χ4v) is 2.15. The van der Waals surface area contributed by atoms with E-state index in [9.17, 15) is 15.3 Å². The molecule has 0 amide bonds. The van der Waals surface area contributed by atoms with Gasteiger partial charge in [0.15, 0.2) is 5.41 Å². The van der Waals surface area contributed by atoms with Crippen LogP contribution in [0.4, 0.5) is 0 Å². The predicted molar refractivity (Wildman–Crippen MR) is 77.3 cm³/mol. The molecule has 0 aromatic heterocycles. The Labute approximate surface area is 126 Å². The van der Waals surface area contributed by atoms with Crippen molar-refractivity contribution in [2.24, 2.45) is 10.8 Å². The van der Waals surface area contributed by atoms with Crippen LogP contribution in [0.1, 0.15) is 46.5 Å². The molecule has 0 fully saturated rings. The standard InChI is InChI=1S/C16H21N3O2/c1-5-21-14(20)16(12-19,8-6-10-17)15(4,11-18)9-7-13(2)3/h2,5-9H2,1,3-4H3/t15-,16+/m0/s1. The smallest absolute Gasteiger partial charge is 0.328 e. The highest BCUT2D eigenvalue weighted by Crippen LogP contribution is 2.47. The Balaban J connectivity index is 5.77. The molecule has 21 heavy (non-hydrogen) atoms. The van der Waals surface area contributed by atoms with Gasteiger partial charge in [0.25, 0.3) is 0 Å². The van der Waals surface area contributed by atoms with Crippen molar-refractivity contribution in [1.82, 2.24) is 0 Å². The number of carbonyl (C=O) groups excluding carboxylic acids is 1. The van der Waals surface area contributed by atoms with Gasteiger partial charge in [-0.3, -0.25) is 4.79 Å². The van der Waals surface area contributed by atoms with Crippen molar-refractivity contribution in [2.45, 2.75) is 46.5 Å². The van der Waals surface area contributed by atoms with Gasteiger partial charge in [0.2, 0.25) is 0 Å². The monoisotopic (exact) mass is 287 g/mol. The highest BCUT2D eigenvalue weighted by atomic mass is 16.5. The molecule has 112 valence electrons. The highest BCUT2D eigenvalue weighted by Gasteiger charge is 2.55. The van der Waals surface area contributed by atoms with Gasteiger partial charge in [0.05, 0.1) is 30.2 Å². The Hall–Kier alpha value is -2.32. The van der Waals surface area contributed by atoms with E-state index >= 15 is 0 Å². The first kappa shape index (κ1) is 18.7. The van der Waals surface area contributed by atoms with Gasteiger partial charge in [-0.05, 0) is 40.0 Å². The predicted octanol–water partition coefficient (Wildman–Crippen LogP) is 3.25. The quantitative estimate of drug-likeness (QED) is 0.504. The first-order chi connectivity index (χ1) is 9.83. The summed E-state index contributed by atoms with van der Waals surface area (Å²) in [6.45, 7) is 8.95. The molecule has 0 radical (unpaired) electrons. The Morgan fingerprint density at radius 1 is 1.24 bits per heavy atom.